The molecule has 2 amide bonds. The first-order valence-corrected chi connectivity index (χ1v) is 17.2. The van der Waals surface area contributed by atoms with Crippen LogP contribution in [0.5, 0.6) is 5.75 Å². The molecule has 0 spiro atoms. The second-order valence-corrected chi connectivity index (χ2v) is 13.9. The molecule has 2 aliphatic heterocycles. The Balaban J connectivity index is 1.40. The van der Waals surface area contributed by atoms with Gasteiger partial charge in [-0.3, -0.25) is 19.3 Å². The van der Waals surface area contributed by atoms with Crippen LogP contribution in [0.2, 0.25) is 0 Å². The lowest BCUT2D eigenvalue weighted by Crippen LogP contribution is -2.64. The van der Waals surface area contributed by atoms with Gasteiger partial charge in [0.1, 0.15) is 5.75 Å². The molecule has 1 aromatic heterocycles. The molecular weight excluding hydrogens is 737 g/mol. The lowest BCUT2D eigenvalue weighted by Gasteiger charge is -2.46. The summed E-state index contributed by atoms with van der Waals surface area (Å²) < 4.78 is 152. The largest absolute Gasteiger partial charge is 0.476 e. The number of nitrogens with zero attached hydrogens (tertiary/aromatic N) is 4. The average Bonchev–Trinajstić information content (AvgIpc) is 3.06. The molecule has 282 valence electrons. The van der Waals surface area contributed by atoms with E-state index in [-0.39, 0.29) is 62.7 Å². The number of carbonyl (C=O) groups excluding carboxylic acids is 2. The van der Waals surface area contributed by atoms with E-state index in [1.807, 2.05) is 4.72 Å². The number of hydrogen-bond donors (Lipinski definition) is 1. The maximum Gasteiger partial charge on any atom is 0.417 e. The Labute approximate surface area is 291 Å². The Morgan fingerprint density at radius 3 is 2.10 bits per heavy atom. The van der Waals surface area contributed by atoms with Crippen molar-refractivity contribution in [3.8, 4) is 5.75 Å². The number of halogens is 9. The van der Waals surface area contributed by atoms with E-state index in [2.05, 4.69) is 4.98 Å². The first kappa shape index (κ1) is 38.5. The van der Waals surface area contributed by atoms with Crippen molar-refractivity contribution in [1.82, 2.24) is 14.8 Å². The summed E-state index contributed by atoms with van der Waals surface area (Å²) in [6.07, 6.45) is -13.0. The van der Waals surface area contributed by atoms with Crippen molar-refractivity contribution in [3.63, 3.8) is 0 Å². The Morgan fingerprint density at radius 2 is 1.48 bits per heavy atom. The van der Waals surface area contributed by atoms with Gasteiger partial charge in [0.15, 0.2) is 5.75 Å². The molecule has 10 nitrogen and oxygen atoms in total. The van der Waals surface area contributed by atoms with Gasteiger partial charge in [-0.05, 0) is 55.3 Å². The fraction of sp³-hybridized carbons (Fsp3) is 0.406. The average molecular weight is 768 g/mol. The Kier molecular flexibility index (Phi) is 10.6. The molecule has 0 radical (unpaired) electrons. The molecule has 2 fully saturated rings. The number of carbonyl (C=O) groups is 2. The summed E-state index contributed by atoms with van der Waals surface area (Å²) in [4.78, 5) is 35.5. The van der Waals surface area contributed by atoms with E-state index in [4.69, 9.17) is 4.74 Å². The number of pyridine rings is 1. The first-order chi connectivity index (χ1) is 24.2. The van der Waals surface area contributed by atoms with Crippen molar-refractivity contribution in [3.05, 3.63) is 83.7 Å². The number of aromatic nitrogens is 1. The van der Waals surface area contributed by atoms with Crippen LogP contribution in [0, 0.1) is 0 Å². The van der Waals surface area contributed by atoms with Gasteiger partial charge in [0.25, 0.3) is 11.8 Å². The zero-order valence-electron chi connectivity index (χ0n) is 26.9. The summed E-state index contributed by atoms with van der Waals surface area (Å²) in [6.45, 7) is -0.696. The van der Waals surface area contributed by atoms with E-state index in [0.717, 1.165) is 41.6 Å². The number of sulfonamides is 1. The summed E-state index contributed by atoms with van der Waals surface area (Å²) in [6, 6.07) is 9.73. The Morgan fingerprint density at radius 1 is 0.827 bits per heavy atom. The predicted octanol–water partition coefficient (Wildman–Crippen LogP) is 5.83. The highest BCUT2D eigenvalue weighted by atomic mass is 32.2. The van der Waals surface area contributed by atoms with Crippen LogP contribution >= 0.6 is 0 Å². The SMILES string of the molecule is O=C(c1cnccc1C(F)(F)F)N1CCCC(Oc2ccc(C(F)(F)F)cc2)(C(=O)N2CCN(c3ccccc3NS(=O)(=O)CC(F)(F)F)CC2)C1. The molecule has 0 bridgehead atoms. The zero-order valence-corrected chi connectivity index (χ0v) is 27.7. The standard InChI is InChI=1S/C32H30F9N5O5S/c33-30(34,35)20-52(49,50)43-25-4-1-2-5-26(25)44-14-16-45(17-15-44)28(48)29(51-22-8-6-21(7-9-22)31(36,37)38)11-3-13-46(19-29)27(47)23-18-42-12-10-24(23)32(39,40)41/h1-2,4-10,12,18,43H,3,11,13-17,19-20H2. The van der Waals surface area contributed by atoms with Gasteiger partial charge >= 0.3 is 18.5 Å². The van der Waals surface area contributed by atoms with E-state index < -0.39 is 75.0 Å². The summed E-state index contributed by atoms with van der Waals surface area (Å²) in [5.41, 5.74) is -4.90. The van der Waals surface area contributed by atoms with Crippen LogP contribution in [0.1, 0.15) is 34.3 Å². The van der Waals surface area contributed by atoms with Crippen LogP contribution in [-0.2, 0) is 27.2 Å². The number of nitrogens with one attached hydrogen (secondary N) is 1. The van der Waals surface area contributed by atoms with E-state index in [1.165, 1.54) is 29.2 Å². The van der Waals surface area contributed by atoms with Crippen LogP contribution in [-0.4, -0.2) is 91.8 Å². The first-order valence-electron chi connectivity index (χ1n) is 15.5. The number of para-hydroxylation sites is 2. The van der Waals surface area contributed by atoms with Gasteiger partial charge in [-0.1, -0.05) is 12.1 Å². The molecule has 1 unspecified atom stereocenters. The highest BCUT2D eigenvalue weighted by molar-refractivity contribution is 7.92. The number of rotatable bonds is 8. The minimum atomic E-state index is -5.00. The van der Waals surface area contributed by atoms with Gasteiger partial charge in [0.2, 0.25) is 15.6 Å². The summed E-state index contributed by atoms with van der Waals surface area (Å²) in [7, 11) is -4.83. The fourth-order valence-corrected chi connectivity index (χ4v) is 7.12. The van der Waals surface area contributed by atoms with Crippen LogP contribution in [0.4, 0.5) is 50.9 Å². The van der Waals surface area contributed by atoms with Gasteiger partial charge < -0.3 is 19.4 Å². The number of anilines is 2. The number of piperidine rings is 1. The minimum Gasteiger partial charge on any atom is -0.476 e. The van der Waals surface area contributed by atoms with Gasteiger partial charge in [-0.2, -0.15) is 39.5 Å². The third kappa shape index (κ3) is 8.99. The van der Waals surface area contributed by atoms with Gasteiger partial charge in [-0.15, -0.1) is 0 Å². The molecule has 3 aromatic rings. The monoisotopic (exact) mass is 767 g/mol. The Bertz CT molecular complexity index is 1880. The summed E-state index contributed by atoms with van der Waals surface area (Å²) in [5.74, 6) is -4.10. The van der Waals surface area contributed by atoms with Crippen LogP contribution in [0.15, 0.2) is 67.0 Å². The van der Waals surface area contributed by atoms with Crippen LogP contribution in [0.3, 0.4) is 0 Å². The maximum atomic E-state index is 14.3. The van der Waals surface area contributed by atoms with E-state index in [1.54, 1.807) is 4.90 Å². The summed E-state index contributed by atoms with van der Waals surface area (Å²) in [5, 5.41) is 0. The Hall–Kier alpha value is -4.75. The molecule has 20 heteroatoms. The number of alkyl halides is 9. The summed E-state index contributed by atoms with van der Waals surface area (Å²) >= 11 is 0. The fourth-order valence-electron chi connectivity index (χ4n) is 6.11. The molecule has 52 heavy (non-hydrogen) atoms. The number of ether oxygens (including phenoxy) is 1. The lowest BCUT2D eigenvalue weighted by atomic mass is 9.89. The molecule has 0 saturated carbocycles. The number of piperazine rings is 1. The molecule has 2 saturated heterocycles. The van der Waals surface area contributed by atoms with E-state index in [0.29, 0.717) is 6.07 Å². The van der Waals surface area contributed by atoms with Crippen molar-refractivity contribution in [2.45, 2.75) is 37.0 Å². The molecule has 5 rings (SSSR count). The number of amides is 2. The number of benzene rings is 2. The third-order valence-electron chi connectivity index (χ3n) is 8.41. The van der Waals surface area contributed by atoms with Gasteiger partial charge in [0, 0.05) is 45.1 Å². The quantitative estimate of drug-likeness (QED) is 0.288. The topological polar surface area (TPSA) is 112 Å². The van der Waals surface area contributed by atoms with Crippen LogP contribution < -0.4 is 14.4 Å². The molecule has 1 atom stereocenters. The number of likely N-dealkylation sites (tertiary alicyclic amines) is 1. The highest BCUT2D eigenvalue weighted by Gasteiger charge is 2.49. The van der Waals surface area contributed by atoms with Gasteiger partial charge in [0.05, 0.1) is 34.6 Å². The van der Waals surface area contributed by atoms with Crippen LogP contribution in [0.25, 0.3) is 0 Å². The second-order valence-electron chi connectivity index (χ2n) is 12.1. The number of hydrogen-bond acceptors (Lipinski definition) is 7. The molecule has 0 aliphatic carbocycles. The molecule has 1 N–H and O–H groups in total. The highest BCUT2D eigenvalue weighted by Crippen LogP contribution is 2.37. The lowest BCUT2D eigenvalue weighted by molar-refractivity contribution is -0.153. The predicted molar refractivity (Wildman–Crippen MR) is 168 cm³/mol. The van der Waals surface area contributed by atoms with Crippen molar-refractivity contribution in [2.24, 2.45) is 0 Å². The maximum absolute atomic E-state index is 14.3. The third-order valence-corrected chi connectivity index (χ3v) is 9.65. The smallest absolute Gasteiger partial charge is 0.417 e. The molecular formula is C32H30F9N5O5S. The van der Waals surface area contributed by atoms with Crippen molar-refractivity contribution >= 4 is 33.2 Å². The van der Waals surface area contributed by atoms with Crippen molar-refractivity contribution < 1.29 is 62.3 Å². The van der Waals surface area contributed by atoms with Crippen molar-refractivity contribution in [2.75, 3.05) is 54.6 Å². The van der Waals surface area contributed by atoms with Gasteiger partial charge in [-0.25, -0.2) is 8.42 Å². The van der Waals surface area contributed by atoms with Crippen molar-refractivity contribution in [1.29, 1.82) is 0 Å². The minimum absolute atomic E-state index is 0.0351. The molecule has 2 aliphatic rings. The molecule has 3 heterocycles. The van der Waals surface area contributed by atoms with E-state index >= 15 is 0 Å². The second kappa shape index (κ2) is 14.3. The zero-order chi connectivity index (χ0) is 38.1. The normalized spacial score (nSPS) is 19.0. The molecule has 2 aromatic carbocycles. The van der Waals surface area contributed by atoms with E-state index in [9.17, 15) is 57.5 Å².